The highest BCUT2D eigenvalue weighted by Gasteiger charge is 2.11. The van der Waals surface area contributed by atoms with Crippen molar-refractivity contribution in [3.05, 3.63) is 63.7 Å². The lowest BCUT2D eigenvalue weighted by atomic mass is 10.1. The summed E-state index contributed by atoms with van der Waals surface area (Å²) in [5, 5.41) is 15.9. The molecule has 0 fully saturated rings. The number of amides is 2. The molecule has 158 valence electrons. The molecule has 0 bridgehead atoms. The van der Waals surface area contributed by atoms with Crippen LogP contribution in [0.3, 0.4) is 0 Å². The fourth-order valence-corrected chi connectivity index (χ4v) is 2.57. The van der Waals surface area contributed by atoms with Crippen LogP contribution in [0.5, 0.6) is 0 Å². The van der Waals surface area contributed by atoms with Crippen LogP contribution >= 0.6 is 0 Å². The molecular formula is C21H23N3O6. The van der Waals surface area contributed by atoms with E-state index in [1.54, 1.807) is 6.07 Å². The van der Waals surface area contributed by atoms with Gasteiger partial charge in [-0.1, -0.05) is 12.1 Å². The highest BCUT2D eigenvalue weighted by atomic mass is 16.6. The van der Waals surface area contributed by atoms with E-state index in [0.717, 1.165) is 11.1 Å². The molecule has 0 radical (unpaired) electrons. The number of carbonyl (C=O) groups is 3. The van der Waals surface area contributed by atoms with Crippen molar-refractivity contribution in [2.24, 2.45) is 0 Å². The highest BCUT2D eigenvalue weighted by Crippen LogP contribution is 2.18. The van der Waals surface area contributed by atoms with E-state index in [9.17, 15) is 24.5 Å². The maximum atomic E-state index is 11.9. The summed E-state index contributed by atoms with van der Waals surface area (Å²) in [6, 6.07) is 11.0. The van der Waals surface area contributed by atoms with E-state index in [2.05, 4.69) is 10.6 Å². The molecule has 0 atom stereocenters. The Morgan fingerprint density at radius 3 is 2.33 bits per heavy atom. The van der Waals surface area contributed by atoms with Crippen molar-refractivity contribution in [2.75, 3.05) is 17.2 Å². The van der Waals surface area contributed by atoms with Gasteiger partial charge in [0.15, 0.2) is 6.61 Å². The zero-order valence-electron chi connectivity index (χ0n) is 16.8. The van der Waals surface area contributed by atoms with Gasteiger partial charge in [-0.05, 0) is 49.6 Å². The van der Waals surface area contributed by atoms with E-state index in [1.807, 2.05) is 26.0 Å². The predicted molar refractivity (Wildman–Crippen MR) is 111 cm³/mol. The van der Waals surface area contributed by atoms with Gasteiger partial charge in [0, 0.05) is 36.3 Å². The van der Waals surface area contributed by atoms with E-state index in [4.69, 9.17) is 4.74 Å². The van der Waals surface area contributed by atoms with Crippen LogP contribution in [-0.4, -0.2) is 29.3 Å². The summed E-state index contributed by atoms with van der Waals surface area (Å²) in [4.78, 5) is 45.7. The minimum Gasteiger partial charge on any atom is -0.456 e. The number of nitrogens with one attached hydrogen (secondary N) is 2. The van der Waals surface area contributed by atoms with E-state index in [-0.39, 0.29) is 30.9 Å². The maximum absolute atomic E-state index is 11.9. The van der Waals surface area contributed by atoms with E-state index in [1.165, 1.54) is 24.3 Å². The average molecular weight is 413 g/mol. The Balaban J connectivity index is 1.66. The van der Waals surface area contributed by atoms with Crippen LogP contribution in [0.15, 0.2) is 42.5 Å². The second kappa shape index (κ2) is 10.7. The first kappa shape index (κ1) is 22.5. The Hall–Kier alpha value is -3.75. The Labute approximate surface area is 173 Å². The summed E-state index contributed by atoms with van der Waals surface area (Å²) in [5.74, 6) is -1.34. The van der Waals surface area contributed by atoms with Gasteiger partial charge in [-0.25, -0.2) is 0 Å². The van der Waals surface area contributed by atoms with Crippen molar-refractivity contribution in [2.45, 2.75) is 33.1 Å². The maximum Gasteiger partial charge on any atom is 0.306 e. The second-order valence-corrected chi connectivity index (χ2v) is 6.66. The summed E-state index contributed by atoms with van der Waals surface area (Å²) < 4.78 is 4.94. The molecule has 0 aliphatic heterocycles. The number of ether oxygens (including phenoxy) is 1. The van der Waals surface area contributed by atoms with Crippen LogP contribution in [0.1, 0.15) is 30.4 Å². The minimum atomic E-state index is -0.575. The molecule has 9 nitrogen and oxygen atoms in total. The van der Waals surface area contributed by atoms with Crippen molar-refractivity contribution in [1.29, 1.82) is 0 Å². The number of carbonyl (C=O) groups excluding carboxylic acids is 3. The van der Waals surface area contributed by atoms with Gasteiger partial charge in [0.25, 0.3) is 11.6 Å². The number of hydrogen-bond donors (Lipinski definition) is 2. The van der Waals surface area contributed by atoms with Crippen LogP contribution in [-0.2, 0) is 19.1 Å². The molecule has 0 saturated carbocycles. The van der Waals surface area contributed by atoms with Gasteiger partial charge in [0.1, 0.15) is 0 Å². The van der Waals surface area contributed by atoms with Crippen LogP contribution in [0, 0.1) is 24.0 Å². The molecule has 2 N–H and O–H groups in total. The van der Waals surface area contributed by atoms with Crippen LogP contribution in [0.2, 0.25) is 0 Å². The lowest BCUT2D eigenvalue weighted by Gasteiger charge is -2.10. The molecule has 0 aromatic heterocycles. The zero-order chi connectivity index (χ0) is 22.1. The van der Waals surface area contributed by atoms with E-state index < -0.39 is 23.4 Å². The van der Waals surface area contributed by atoms with Crippen LogP contribution in [0.4, 0.5) is 17.1 Å². The minimum absolute atomic E-state index is 0.00949. The number of benzene rings is 2. The first-order valence-electron chi connectivity index (χ1n) is 9.32. The van der Waals surface area contributed by atoms with Crippen molar-refractivity contribution >= 4 is 34.8 Å². The van der Waals surface area contributed by atoms with Gasteiger partial charge >= 0.3 is 5.97 Å². The average Bonchev–Trinajstić information content (AvgIpc) is 2.70. The van der Waals surface area contributed by atoms with Gasteiger partial charge in [-0.2, -0.15) is 0 Å². The van der Waals surface area contributed by atoms with Crippen molar-refractivity contribution in [3.63, 3.8) is 0 Å². The van der Waals surface area contributed by atoms with E-state index >= 15 is 0 Å². The Morgan fingerprint density at radius 1 is 0.967 bits per heavy atom. The Kier molecular flexibility index (Phi) is 8.04. The fourth-order valence-electron chi connectivity index (χ4n) is 2.57. The summed E-state index contributed by atoms with van der Waals surface area (Å²) >= 11 is 0. The standard InChI is InChI=1S/C21H23N3O6/c1-14-5-3-6-18(15(14)2)23-20(26)13-30-21(27)8-4-7-19(25)22-16-9-11-17(12-10-16)24(28)29/h3,5-6,9-12H,4,7-8,13H2,1-2H3,(H,22,25)(H,23,26). The molecule has 0 aliphatic rings. The smallest absolute Gasteiger partial charge is 0.306 e. The number of nitro benzene ring substituents is 1. The topological polar surface area (TPSA) is 128 Å². The van der Waals surface area contributed by atoms with E-state index in [0.29, 0.717) is 11.4 Å². The molecule has 0 spiro atoms. The second-order valence-electron chi connectivity index (χ2n) is 6.66. The third-order valence-corrected chi connectivity index (χ3v) is 4.39. The number of esters is 1. The summed E-state index contributed by atoms with van der Waals surface area (Å²) in [6.45, 7) is 3.42. The lowest BCUT2D eigenvalue weighted by Crippen LogP contribution is -2.21. The van der Waals surface area contributed by atoms with Crippen LogP contribution < -0.4 is 10.6 Å². The molecule has 0 unspecified atom stereocenters. The van der Waals surface area contributed by atoms with Gasteiger partial charge < -0.3 is 15.4 Å². The van der Waals surface area contributed by atoms with Gasteiger partial charge in [0.2, 0.25) is 5.91 Å². The molecule has 0 heterocycles. The monoisotopic (exact) mass is 413 g/mol. The number of rotatable bonds is 9. The summed E-state index contributed by atoms with van der Waals surface area (Å²) in [7, 11) is 0. The SMILES string of the molecule is Cc1cccc(NC(=O)COC(=O)CCCC(=O)Nc2ccc([N+](=O)[O-])cc2)c1C. The third kappa shape index (κ3) is 7.01. The number of hydrogen-bond acceptors (Lipinski definition) is 6. The Bertz CT molecular complexity index is 940. The van der Waals surface area contributed by atoms with Gasteiger partial charge in [-0.15, -0.1) is 0 Å². The molecule has 2 rings (SSSR count). The number of nitro groups is 1. The number of anilines is 2. The molecule has 30 heavy (non-hydrogen) atoms. The highest BCUT2D eigenvalue weighted by molar-refractivity contribution is 5.94. The first-order chi connectivity index (χ1) is 14.3. The summed E-state index contributed by atoms with van der Waals surface area (Å²) in [5.41, 5.74) is 3.00. The van der Waals surface area contributed by atoms with Crippen molar-refractivity contribution < 1.29 is 24.0 Å². The van der Waals surface area contributed by atoms with Gasteiger partial charge in [-0.3, -0.25) is 24.5 Å². The first-order valence-corrected chi connectivity index (χ1v) is 9.32. The lowest BCUT2D eigenvalue weighted by molar-refractivity contribution is -0.384. The molecule has 2 aromatic carbocycles. The molecular weight excluding hydrogens is 390 g/mol. The number of nitrogens with zero attached hydrogens (tertiary/aromatic N) is 1. The normalized spacial score (nSPS) is 10.2. The molecule has 0 aliphatic carbocycles. The zero-order valence-corrected chi connectivity index (χ0v) is 16.8. The quantitative estimate of drug-likeness (QED) is 0.368. The van der Waals surface area contributed by atoms with Gasteiger partial charge in [0.05, 0.1) is 4.92 Å². The Morgan fingerprint density at radius 2 is 1.67 bits per heavy atom. The molecule has 2 aromatic rings. The molecule has 0 saturated heterocycles. The molecule has 2 amide bonds. The van der Waals surface area contributed by atoms with Crippen molar-refractivity contribution in [3.8, 4) is 0 Å². The van der Waals surface area contributed by atoms with Crippen molar-refractivity contribution in [1.82, 2.24) is 0 Å². The predicted octanol–water partition coefficient (Wildman–Crippen LogP) is 3.50. The molecule has 9 heteroatoms. The number of non-ortho nitro benzene ring substituents is 1. The largest absolute Gasteiger partial charge is 0.456 e. The number of aryl methyl sites for hydroxylation is 1. The fraction of sp³-hybridized carbons (Fsp3) is 0.286. The summed E-state index contributed by atoms with van der Waals surface area (Å²) in [6.07, 6.45) is 0.307. The van der Waals surface area contributed by atoms with Crippen LogP contribution in [0.25, 0.3) is 0 Å². The third-order valence-electron chi connectivity index (χ3n) is 4.39.